The summed E-state index contributed by atoms with van der Waals surface area (Å²) in [4.78, 5) is 23.1. The molecule has 1 amide bonds. The van der Waals surface area contributed by atoms with Crippen molar-refractivity contribution in [1.29, 1.82) is 0 Å². The van der Waals surface area contributed by atoms with Crippen LogP contribution in [0.25, 0.3) is 10.6 Å². The zero-order valence-corrected chi connectivity index (χ0v) is 18.8. The Morgan fingerprint density at radius 2 is 2.26 bits per heavy atom. The van der Waals surface area contributed by atoms with Gasteiger partial charge in [-0.05, 0) is 42.7 Å². The molecule has 2 aromatic heterocycles. The summed E-state index contributed by atoms with van der Waals surface area (Å²) in [5, 5.41) is 24.8. The van der Waals surface area contributed by atoms with Gasteiger partial charge in [-0.15, -0.1) is 17.8 Å². The van der Waals surface area contributed by atoms with Crippen molar-refractivity contribution < 1.29 is 15.0 Å². The van der Waals surface area contributed by atoms with Crippen molar-refractivity contribution in [3.63, 3.8) is 0 Å². The Labute approximate surface area is 187 Å². The van der Waals surface area contributed by atoms with Gasteiger partial charge in [-0.1, -0.05) is 19.8 Å². The molecule has 7 heteroatoms. The summed E-state index contributed by atoms with van der Waals surface area (Å²) in [6.07, 6.45) is 10.7. The number of aliphatic hydroxyl groups excluding tert-OH is 2. The molecular weight excluding hydrogens is 410 g/mol. The third kappa shape index (κ3) is 3.67. The first-order valence-corrected chi connectivity index (χ1v) is 11.5. The fourth-order valence-electron chi connectivity index (χ4n) is 5.67. The summed E-state index contributed by atoms with van der Waals surface area (Å²) in [7, 11) is 0. The van der Waals surface area contributed by atoms with Crippen molar-refractivity contribution in [3.8, 4) is 22.9 Å². The molecule has 0 spiro atoms. The SMILES string of the molecule is C#CCNC(=O)C[C@@H]1c2nc(-c3cccnc3)sc2C[C@@H]2[C@](C)(CO)[C@H](O)CC[C@]21C. The molecule has 2 aromatic rings. The quantitative estimate of drug-likeness (QED) is 0.623. The molecule has 31 heavy (non-hydrogen) atoms. The van der Waals surface area contributed by atoms with Crippen LogP contribution >= 0.6 is 11.3 Å². The molecule has 4 rings (SSSR count). The summed E-state index contributed by atoms with van der Waals surface area (Å²) in [6, 6.07) is 3.88. The van der Waals surface area contributed by atoms with E-state index < -0.39 is 11.5 Å². The maximum absolute atomic E-state index is 12.7. The number of pyridine rings is 1. The first-order valence-electron chi connectivity index (χ1n) is 10.7. The lowest BCUT2D eigenvalue weighted by Gasteiger charge is -2.58. The monoisotopic (exact) mass is 439 g/mol. The molecule has 0 aliphatic heterocycles. The Morgan fingerprint density at radius 1 is 1.45 bits per heavy atom. The van der Waals surface area contributed by atoms with Crippen molar-refractivity contribution in [3.05, 3.63) is 35.1 Å². The average molecular weight is 440 g/mol. The first-order chi connectivity index (χ1) is 14.8. The fourth-order valence-corrected chi connectivity index (χ4v) is 6.82. The van der Waals surface area contributed by atoms with Gasteiger partial charge in [0.15, 0.2) is 0 Å². The molecule has 2 aliphatic rings. The first kappa shape index (κ1) is 21.9. The minimum Gasteiger partial charge on any atom is -0.396 e. The Kier molecular flexibility index (Phi) is 5.91. The number of hydrogen-bond acceptors (Lipinski definition) is 6. The fraction of sp³-hybridized carbons (Fsp3) is 0.542. The second kappa shape index (κ2) is 8.34. The van der Waals surface area contributed by atoms with Crippen LogP contribution in [0.2, 0.25) is 0 Å². The topological polar surface area (TPSA) is 95.3 Å². The molecule has 2 aliphatic carbocycles. The van der Waals surface area contributed by atoms with Gasteiger partial charge in [0.25, 0.3) is 0 Å². The largest absolute Gasteiger partial charge is 0.396 e. The zero-order valence-electron chi connectivity index (χ0n) is 18.0. The predicted molar refractivity (Wildman–Crippen MR) is 120 cm³/mol. The van der Waals surface area contributed by atoms with Crippen LogP contribution in [0, 0.1) is 29.1 Å². The molecule has 5 atom stereocenters. The Hall–Kier alpha value is -2.27. The Morgan fingerprint density at radius 3 is 2.94 bits per heavy atom. The molecule has 0 unspecified atom stereocenters. The van der Waals surface area contributed by atoms with Crippen LogP contribution in [-0.4, -0.2) is 45.3 Å². The van der Waals surface area contributed by atoms with Crippen LogP contribution < -0.4 is 5.32 Å². The van der Waals surface area contributed by atoms with Gasteiger partial charge in [0.2, 0.25) is 5.91 Å². The standard InChI is InChI=1S/C24H29N3O3S/c1-4-9-26-20(30)11-16-21-17(31-22(27-21)15-6-5-10-25-13-15)12-18-23(16,2)8-7-19(29)24(18,3)14-28/h1,5-6,10,13,16,18-19,28-29H,7-9,11-12,14H2,2-3H3,(H,26,30)/t16-,18+,19-,23+,24+/m1/s1. The van der Waals surface area contributed by atoms with Crippen LogP contribution in [0.5, 0.6) is 0 Å². The average Bonchev–Trinajstić information content (AvgIpc) is 3.21. The van der Waals surface area contributed by atoms with Crippen LogP contribution in [0.1, 0.15) is 49.6 Å². The molecule has 0 aromatic carbocycles. The van der Waals surface area contributed by atoms with E-state index in [9.17, 15) is 15.0 Å². The molecule has 0 bridgehead atoms. The van der Waals surface area contributed by atoms with E-state index in [0.717, 1.165) is 34.0 Å². The molecule has 1 fully saturated rings. The number of rotatable bonds is 5. The maximum atomic E-state index is 12.7. The van der Waals surface area contributed by atoms with Crippen LogP contribution in [0.15, 0.2) is 24.5 Å². The molecular formula is C24H29N3O3S. The summed E-state index contributed by atoms with van der Waals surface area (Å²) < 4.78 is 0. The van der Waals surface area contributed by atoms with Crippen molar-refractivity contribution in [1.82, 2.24) is 15.3 Å². The smallest absolute Gasteiger partial charge is 0.221 e. The number of carbonyl (C=O) groups is 1. The number of aliphatic hydroxyl groups is 2. The molecule has 6 nitrogen and oxygen atoms in total. The molecule has 2 heterocycles. The normalized spacial score (nSPS) is 31.9. The number of carbonyl (C=O) groups excluding carboxylic acids is 1. The molecule has 0 saturated heterocycles. The molecule has 1 saturated carbocycles. The number of nitrogens with zero attached hydrogens (tertiary/aromatic N) is 2. The van der Waals surface area contributed by atoms with Gasteiger partial charge in [-0.2, -0.15) is 0 Å². The highest BCUT2D eigenvalue weighted by Crippen LogP contribution is 2.62. The van der Waals surface area contributed by atoms with E-state index in [1.165, 1.54) is 0 Å². The number of amides is 1. The molecule has 164 valence electrons. The minimum atomic E-state index is -0.628. The number of nitrogens with one attached hydrogen (secondary N) is 1. The van der Waals surface area contributed by atoms with Gasteiger partial charge in [-0.3, -0.25) is 9.78 Å². The van der Waals surface area contributed by atoms with Gasteiger partial charge < -0.3 is 15.5 Å². The number of fused-ring (bicyclic) bond motifs is 2. The summed E-state index contributed by atoms with van der Waals surface area (Å²) in [6.45, 7) is 4.28. The molecule has 3 N–H and O–H groups in total. The molecule has 0 radical (unpaired) electrons. The third-order valence-electron chi connectivity index (χ3n) is 7.58. The van der Waals surface area contributed by atoms with Crippen molar-refractivity contribution >= 4 is 17.2 Å². The van der Waals surface area contributed by atoms with Crippen molar-refractivity contribution in [2.75, 3.05) is 13.2 Å². The maximum Gasteiger partial charge on any atom is 0.221 e. The van der Waals surface area contributed by atoms with E-state index in [2.05, 4.69) is 23.1 Å². The summed E-state index contributed by atoms with van der Waals surface area (Å²) in [5.41, 5.74) is 1.03. The van der Waals surface area contributed by atoms with Gasteiger partial charge in [-0.25, -0.2) is 4.98 Å². The lowest BCUT2D eigenvalue weighted by molar-refractivity contribution is -0.144. The number of terminal acetylenes is 1. The summed E-state index contributed by atoms with van der Waals surface area (Å²) >= 11 is 1.63. The van der Waals surface area contributed by atoms with Gasteiger partial charge >= 0.3 is 0 Å². The zero-order chi connectivity index (χ0) is 22.2. The highest BCUT2D eigenvalue weighted by molar-refractivity contribution is 7.15. The summed E-state index contributed by atoms with van der Waals surface area (Å²) in [5.74, 6) is 2.29. The van der Waals surface area contributed by atoms with E-state index in [-0.39, 0.29) is 42.7 Å². The highest BCUT2D eigenvalue weighted by Gasteiger charge is 2.59. The van der Waals surface area contributed by atoms with Crippen LogP contribution in [0.3, 0.4) is 0 Å². The lowest BCUT2D eigenvalue weighted by atomic mass is 9.47. The number of thiazole rings is 1. The lowest BCUT2D eigenvalue weighted by Crippen LogP contribution is -2.57. The van der Waals surface area contributed by atoms with Crippen LogP contribution in [0.4, 0.5) is 0 Å². The van der Waals surface area contributed by atoms with E-state index in [4.69, 9.17) is 11.4 Å². The van der Waals surface area contributed by atoms with E-state index in [1.807, 2.05) is 19.1 Å². The second-order valence-electron chi connectivity index (χ2n) is 9.29. The van der Waals surface area contributed by atoms with Gasteiger partial charge in [0.05, 0.1) is 24.9 Å². The highest BCUT2D eigenvalue weighted by atomic mass is 32.1. The minimum absolute atomic E-state index is 0.0360. The van der Waals surface area contributed by atoms with Gasteiger partial charge in [0.1, 0.15) is 5.01 Å². The number of aromatic nitrogens is 2. The van der Waals surface area contributed by atoms with E-state index >= 15 is 0 Å². The van der Waals surface area contributed by atoms with Gasteiger partial charge in [0, 0.05) is 40.6 Å². The third-order valence-corrected chi connectivity index (χ3v) is 8.72. The Balaban J connectivity index is 1.80. The van der Waals surface area contributed by atoms with E-state index in [0.29, 0.717) is 6.42 Å². The van der Waals surface area contributed by atoms with Crippen molar-refractivity contribution in [2.24, 2.45) is 16.7 Å². The van der Waals surface area contributed by atoms with Crippen molar-refractivity contribution in [2.45, 2.75) is 51.6 Å². The number of hydrogen-bond donors (Lipinski definition) is 3. The van der Waals surface area contributed by atoms with Crippen LogP contribution in [-0.2, 0) is 11.2 Å². The Bertz CT molecular complexity index is 1000. The second-order valence-corrected chi connectivity index (χ2v) is 10.4. The van der Waals surface area contributed by atoms with E-state index in [1.54, 1.807) is 23.7 Å². The predicted octanol–water partition coefficient (Wildman–Crippen LogP) is 2.76.